The summed E-state index contributed by atoms with van der Waals surface area (Å²) in [4.78, 5) is 46.7. The maximum Gasteiger partial charge on any atom is 0.547 e. The van der Waals surface area contributed by atoms with E-state index in [0.29, 0.717) is 18.4 Å². The highest BCUT2D eigenvalue weighted by molar-refractivity contribution is 6.47. The van der Waals surface area contributed by atoms with E-state index in [4.69, 9.17) is 14.1 Å². The number of methoxy groups -OCH3 is 1. The van der Waals surface area contributed by atoms with Gasteiger partial charge < -0.3 is 29.2 Å². The number of amides is 1. The largest absolute Gasteiger partial charge is 0.547 e. The molecule has 1 heterocycles. The highest BCUT2D eigenvalue weighted by Crippen LogP contribution is 2.30. The van der Waals surface area contributed by atoms with Crippen LogP contribution < -0.4 is 9.97 Å². The van der Waals surface area contributed by atoms with Crippen molar-refractivity contribution >= 4 is 30.9 Å². The summed E-state index contributed by atoms with van der Waals surface area (Å²) in [6.07, 6.45) is 1.77. The van der Waals surface area contributed by atoms with E-state index < -0.39 is 31.8 Å². The number of hydrogen-bond acceptors (Lipinski definition) is 9. The van der Waals surface area contributed by atoms with Crippen LogP contribution in [0.25, 0.3) is 0 Å². The summed E-state index contributed by atoms with van der Waals surface area (Å²) in [6.45, 7) is 1.12. The Morgan fingerprint density at radius 3 is 2.55 bits per heavy atom. The molecule has 0 aromatic heterocycles. The van der Waals surface area contributed by atoms with Crippen molar-refractivity contribution in [1.82, 2.24) is 5.32 Å². The van der Waals surface area contributed by atoms with Gasteiger partial charge in [0.1, 0.15) is 11.3 Å². The molecule has 1 unspecified atom stereocenters. The van der Waals surface area contributed by atoms with Gasteiger partial charge in [0.25, 0.3) is 0 Å². The Morgan fingerprint density at radius 1 is 1.16 bits per heavy atom. The second-order valence-electron chi connectivity index (χ2n) is 6.88. The van der Waals surface area contributed by atoms with E-state index in [0.717, 1.165) is 0 Å². The van der Waals surface area contributed by atoms with Gasteiger partial charge in [-0.2, -0.15) is 0 Å². The number of carbonyl (C=O) groups is 4. The van der Waals surface area contributed by atoms with Crippen molar-refractivity contribution in [3.8, 4) is 5.75 Å². The second kappa shape index (κ2) is 11.9. The summed E-state index contributed by atoms with van der Waals surface area (Å²) >= 11 is 0. The van der Waals surface area contributed by atoms with Crippen molar-refractivity contribution in [1.29, 1.82) is 0 Å². The quantitative estimate of drug-likeness (QED) is 0.238. The molecule has 0 bridgehead atoms. The molecule has 0 spiro atoms. The van der Waals surface area contributed by atoms with E-state index in [-0.39, 0.29) is 48.9 Å². The lowest BCUT2D eigenvalue weighted by Gasteiger charge is -2.29. The minimum Gasteiger partial charge on any atom is -0.534 e. The number of hydrogen-bond donors (Lipinski definition) is 2. The highest BCUT2D eigenvalue weighted by Gasteiger charge is 2.37. The number of rotatable bonds is 10. The molecule has 0 saturated heterocycles. The van der Waals surface area contributed by atoms with E-state index >= 15 is 0 Å². The van der Waals surface area contributed by atoms with Crippen LogP contribution in [-0.2, 0) is 35.0 Å². The number of benzene rings is 1. The standard InChI is InChI=1S/C20H26BNO9/c1-3-16(23)22-15-11-13-7-6-8-14(19(13)31-21(15)27)20(26)30-12-29-18(25)10-5-4-9-17(24)28-2/h6-8,15,27H,3-5,9-12H2,1-2H3,(H,22,23). The number of unbranched alkanes of at least 4 members (excludes halogenated alkanes) is 1. The average Bonchev–Trinajstić information content (AvgIpc) is 2.76. The van der Waals surface area contributed by atoms with Crippen LogP contribution in [0.5, 0.6) is 5.75 Å². The van der Waals surface area contributed by atoms with Gasteiger partial charge in [-0.25, -0.2) is 4.79 Å². The van der Waals surface area contributed by atoms with Gasteiger partial charge in [-0.3, -0.25) is 14.4 Å². The molecule has 0 fully saturated rings. The van der Waals surface area contributed by atoms with E-state index in [9.17, 15) is 24.2 Å². The molecule has 1 amide bonds. The molecular formula is C20H26BNO9. The summed E-state index contributed by atoms with van der Waals surface area (Å²) in [7, 11) is -0.0248. The molecule has 0 radical (unpaired) electrons. The van der Waals surface area contributed by atoms with Gasteiger partial charge in [-0.15, -0.1) is 0 Å². The summed E-state index contributed by atoms with van der Waals surface area (Å²) in [5.74, 6) is -2.38. The van der Waals surface area contributed by atoms with Crippen LogP contribution in [0.3, 0.4) is 0 Å². The van der Waals surface area contributed by atoms with Crippen LogP contribution in [0, 0.1) is 0 Å². The van der Waals surface area contributed by atoms with Crippen molar-refractivity contribution in [2.45, 2.75) is 51.4 Å². The second-order valence-corrected chi connectivity index (χ2v) is 6.88. The van der Waals surface area contributed by atoms with Gasteiger partial charge in [0, 0.05) is 19.3 Å². The Hall–Kier alpha value is -3.08. The first-order chi connectivity index (χ1) is 14.8. The predicted octanol–water partition coefficient (Wildman–Crippen LogP) is 0.927. The van der Waals surface area contributed by atoms with Crippen LogP contribution in [-0.4, -0.2) is 55.8 Å². The third kappa shape index (κ3) is 7.28. The van der Waals surface area contributed by atoms with Crippen LogP contribution in [0.1, 0.15) is 54.9 Å². The molecular weight excluding hydrogens is 409 g/mol. The lowest BCUT2D eigenvalue weighted by atomic mass is 9.72. The maximum atomic E-state index is 12.4. The van der Waals surface area contributed by atoms with E-state index in [1.54, 1.807) is 19.1 Å². The Bertz CT molecular complexity index is 814. The summed E-state index contributed by atoms with van der Waals surface area (Å²) in [5.41, 5.74) is 0.703. The van der Waals surface area contributed by atoms with Crippen molar-refractivity contribution in [2.75, 3.05) is 13.9 Å². The Balaban J connectivity index is 1.84. The van der Waals surface area contributed by atoms with Gasteiger partial charge >= 0.3 is 25.0 Å². The fourth-order valence-electron chi connectivity index (χ4n) is 2.96. The zero-order valence-corrected chi connectivity index (χ0v) is 17.5. The van der Waals surface area contributed by atoms with Crippen molar-refractivity contribution in [3.05, 3.63) is 29.3 Å². The smallest absolute Gasteiger partial charge is 0.534 e. The van der Waals surface area contributed by atoms with Crippen molar-refractivity contribution in [3.63, 3.8) is 0 Å². The molecule has 1 aliphatic heterocycles. The van der Waals surface area contributed by atoms with Crippen molar-refractivity contribution < 1.29 is 43.1 Å². The fourth-order valence-corrected chi connectivity index (χ4v) is 2.96. The summed E-state index contributed by atoms with van der Waals surface area (Å²) < 4.78 is 19.8. The predicted molar refractivity (Wildman–Crippen MR) is 108 cm³/mol. The fraction of sp³-hybridized carbons (Fsp3) is 0.500. The zero-order chi connectivity index (χ0) is 22.8. The molecule has 2 N–H and O–H groups in total. The van der Waals surface area contributed by atoms with Gasteiger partial charge in [-0.1, -0.05) is 19.1 Å². The Labute approximate surface area is 180 Å². The van der Waals surface area contributed by atoms with Crippen LogP contribution in [0.4, 0.5) is 0 Å². The van der Waals surface area contributed by atoms with E-state index in [2.05, 4.69) is 10.1 Å². The molecule has 168 valence electrons. The third-order valence-electron chi connectivity index (χ3n) is 4.66. The van der Waals surface area contributed by atoms with Gasteiger partial charge in [-0.05, 0) is 30.9 Å². The van der Waals surface area contributed by atoms with Gasteiger partial charge in [0.2, 0.25) is 12.7 Å². The minimum atomic E-state index is -1.32. The molecule has 2 rings (SSSR count). The normalized spacial score (nSPS) is 14.7. The molecule has 10 nitrogen and oxygen atoms in total. The number of carbonyl (C=O) groups excluding carboxylic acids is 4. The maximum absolute atomic E-state index is 12.4. The number of esters is 3. The zero-order valence-electron chi connectivity index (χ0n) is 17.5. The summed E-state index contributed by atoms with van der Waals surface area (Å²) in [6, 6.07) is 4.81. The number of nitrogens with one attached hydrogen (secondary N) is 1. The number of fused-ring (bicyclic) bond motifs is 1. The first-order valence-corrected chi connectivity index (χ1v) is 10.0. The van der Waals surface area contributed by atoms with Gasteiger partial charge in [0.15, 0.2) is 0 Å². The highest BCUT2D eigenvalue weighted by atomic mass is 16.7. The van der Waals surface area contributed by atoms with E-state index in [1.807, 2.05) is 0 Å². The van der Waals surface area contributed by atoms with Crippen molar-refractivity contribution in [2.24, 2.45) is 0 Å². The third-order valence-corrected chi connectivity index (χ3v) is 4.66. The first-order valence-electron chi connectivity index (χ1n) is 10.0. The topological polar surface area (TPSA) is 137 Å². The lowest BCUT2D eigenvalue weighted by Crippen LogP contribution is -2.53. The van der Waals surface area contributed by atoms with E-state index in [1.165, 1.54) is 13.2 Å². The molecule has 11 heteroatoms. The van der Waals surface area contributed by atoms with Crippen LogP contribution in [0.2, 0.25) is 0 Å². The number of para-hydroxylation sites is 1. The molecule has 1 aromatic rings. The monoisotopic (exact) mass is 435 g/mol. The summed E-state index contributed by atoms with van der Waals surface area (Å²) in [5, 5.41) is 12.9. The molecule has 1 aromatic carbocycles. The average molecular weight is 435 g/mol. The Kier molecular flexibility index (Phi) is 9.32. The molecule has 1 atom stereocenters. The molecule has 1 aliphatic rings. The first kappa shape index (κ1) is 24.2. The molecule has 31 heavy (non-hydrogen) atoms. The molecule has 0 saturated carbocycles. The van der Waals surface area contributed by atoms with Gasteiger partial charge in [0.05, 0.1) is 13.1 Å². The molecule has 0 aliphatic carbocycles. The van der Waals surface area contributed by atoms with Crippen LogP contribution >= 0.6 is 0 Å². The van der Waals surface area contributed by atoms with Crippen LogP contribution in [0.15, 0.2) is 18.2 Å². The SMILES string of the molecule is CCC(=O)NC1Cc2cccc(C(=O)OCOC(=O)CCCCC(=O)OC)c2OB1O. The lowest BCUT2D eigenvalue weighted by molar-refractivity contribution is -0.152. The Morgan fingerprint density at radius 2 is 1.87 bits per heavy atom. The number of ether oxygens (including phenoxy) is 3. The minimum absolute atomic E-state index is 0.0749.